The summed E-state index contributed by atoms with van der Waals surface area (Å²) in [6.07, 6.45) is 0.718. The van der Waals surface area contributed by atoms with Gasteiger partial charge >= 0.3 is 0 Å². The number of hydrogen-bond donors (Lipinski definition) is 0. The number of thioether (sulfide) groups is 1. The van der Waals surface area contributed by atoms with Crippen LogP contribution in [-0.2, 0) is 11.3 Å². The SMILES string of the molecule is CCOCCCn1c(=O)c2ccccc2n2c(SCC#N)nnc12. The molecule has 0 saturated heterocycles. The number of fused-ring (bicyclic) bond motifs is 3. The van der Waals surface area contributed by atoms with Gasteiger partial charge in [0.05, 0.1) is 22.7 Å². The predicted octanol–water partition coefficient (Wildman–Crippen LogP) is 2.09. The van der Waals surface area contributed by atoms with Crippen LogP contribution in [-0.4, -0.2) is 38.1 Å². The molecule has 2 aromatic heterocycles. The average molecular weight is 343 g/mol. The van der Waals surface area contributed by atoms with Crippen LogP contribution in [0.15, 0.2) is 34.2 Å². The molecule has 0 aliphatic heterocycles. The Kier molecular flexibility index (Phi) is 5.13. The summed E-state index contributed by atoms with van der Waals surface area (Å²) in [7, 11) is 0. The largest absolute Gasteiger partial charge is 0.382 e. The molecule has 8 heteroatoms. The highest BCUT2D eigenvalue weighted by atomic mass is 32.2. The Bertz CT molecular complexity index is 957. The Balaban J connectivity index is 2.15. The lowest BCUT2D eigenvalue weighted by Gasteiger charge is -2.11. The van der Waals surface area contributed by atoms with Gasteiger partial charge in [-0.05, 0) is 25.5 Å². The molecule has 0 saturated carbocycles. The van der Waals surface area contributed by atoms with Crippen molar-refractivity contribution < 1.29 is 4.74 Å². The molecule has 2 heterocycles. The monoisotopic (exact) mass is 343 g/mol. The van der Waals surface area contributed by atoms with Crippen LogP contribution in [0.5, 0.6) is 0 Å². The van der Waals surface area contributed by atoms with E-state index in [1.54, 1.807) is 10.6 Å². The first-order valence-electron chi connectivity index (χ1n) is 7.72. The van der Waals surface area contributed by atoms with Gasteiger partial charge in [-0.2, -0.15) is 5.26 Å². The van der Waals surface area contributed by atoms with Crippen molar-refractivity contribution >= 4 is 28.4 Å². The van der Waals surface area contributed by atoms with E-state index in [1.165, 1.54) is 11.8 Å². The van der Waals surface area contributed by atoms with Crippen molar-refractivity contribution in [3.05, 3.63) is 34.6 Å². The van der Waals surface area contributed by atoms with E-state index in [0.717, 1.165) is 11.9 Å². The first kappa shape index (κ1) is 16.5. The molecule has 7 nitrogen and oxygen atoms in total. The van der Waals surface area contributed by atoms with E-state index < -0.39 is 0 Å². The highest BCUT2D eigenvalue weighted by Gasteiger charge is 2.16. The minimum Gasteiger partial charge on any atom is -0.382 e. The second-order valence-corrected chi connectivity index (χ2v) is 6.03. The summed E-state index contributed by atoms with van der Waals surface area (Å²) in [5.41, 5.74) is 0.669. The molecule has 3 aromatic rings. The molecule has 24 heavy (non-hydrogen) atoms. The summed E-state index contributed by atoms with van der Waals surface area (Å²) in [5, 5.41) is 18.4. The molecule has 0 bridgehead atoms. The number of rotatable bonds is 7. The Labute approximate surface area is 142 Å². The van der Waals surface area contributed by atoms with Gasteiger partial charge in [0.15, 0.2) is 5.16 Å². The van der Waals surface area contributed by atoms with Gasteiger partial charge in [0.25, 0.3) is 5.56 Å². The number of hydrogen-bond acceptors (Lipinski definition) is 6. The summed E-state index contributed by atoms with van der Waals surface area (Å²) in [5.74, 6) is 0.772. The molecule has 0 unspecified atom stereocenters. The normalized spacial score (nSPS) is 11.2. The van der Waals surface area contributed by atoms with Crippen molar-refractivity contribution in [1.82, 2.24) is 19.2 Å². The lowest BCUT2D eigenvalue weighted by atomic mass is 10.2. The predicted molar refractivity (Wildman–Crippen MR) is 92.2 cm³/mol. The number of aryl methyl sites for hydroxylation is 1. The van der Waals surface area contributed by atoms with Crippen molar-refractivity contribution in [3.8, 4) is 6.07 Å². The zero-order chi connectivity index (χ0) is 16.9. The van der Waals surface area contributed by atoms with E-state index in [9.17, 15) is 4.79 Å². The third-order valence-corrected chi connectivity index (χ3v) is 4.41. The van der Waals surface area contributed by atoms with Gasteiger partial charge < -0.3 is 4.74 Å². The van der Waals surface area contributed by atoms with Crippen LogP contribution in [0, 0.1) is 11.3 Å². The quantitative estimate of drug-likeness (QED) is 0.482. The van der Waals surface area contributed by atoms with Crippen LogP contribution in [0.1, 0.15) is 13.3 Å². The van der Waals surface area contributed by atoms with Gasteiger partial charge in [0.1, 0.15) is 0 Å². The van der Waals surface area contributed by atoms with Gasteiger partial charge in [0.2, 0.25) is 5.78 Å². The standard InChI is InChI=1S/C16H17N5O2S/c1-2-23-10-5-9-20-14(22)12-6-3-4-7-13(12)21-15(20)18-19-16(21)24-11-8-17/h3-4,6-7H,2,5,9-11H2,1H3. The molecule has 0 radical (unpaired) electrons. The van der Waals surface area contributed by atoms with Gasteiger partial charge in [-0.15, -0.1) is 10.2 Å². The summed E-state index contributed by atoms with van der Waals surface area (Å²) in [6, 6.07) is 9.47. The van der Waals surface area contributed by atoms with E-state index in [2.05, 4.69) is 16.3 Å². The lowest BCUT2D eigenvalue weighted by Crippen LogP contribution is -2.24. The molecule has 0 spiro atoms. The van der Waals surface area contributed by atoms with Crippen LogP contribution in [0.4, 0.5) is 0 Å². The third-order valence-electron chi connectivity index (χ3n) is 3.62. The van der Waals surface area contributed by atoms with E-state index in [4.69, 9.17) is 10.00 Å². The fourth-order valence-electron chi connectivity index (χ4n) is 2.59. The molecule has 124 valence electrons. The highest BCUT2D eigenvalue weighted by Crippen LogP contribution is 2.21. The molecular formula is C16H17N5O2S. The van der Waals surface area contributed by atoms with Crippen LogP contribution in [0.2, 0.25) is 0 Å². The van der Waals surface area contributed by atoms with Gasteiger partial charge in [-0.3, -0.25) is 13.8 Å². The Morgan fingerprint density at radius 1 is 1.33 bits per heavy atom. The molecule has 0 aliphatic carbocycles. The fourth-order valence-corrected chi connectivity index (χ4v) is 3.20. The van der Waals surface area contributed by atoms with Crippen molar-refractivity contribution in [2.24, 2.45) is 0 Å². The van der Waals surface area contributed by atoms with E-state index in [0.29, 0.717) is 36.1 Å². The number of ether oxygens (including phenoxy) is 1. The molecule has 0 fully saturated rings. The van der Waals surface area contributed by atoms with Crippen LogP contribution in [0.3, 0.4) is 0 Å². The molecule has 3 rings (SSSR count). The van der Waals surface area contributed by atoms with E-state index in [-0.39, 0.29) is 11.3 Å². The minimum atomic E-state index is -0.0844. The lowest BCUT2D eigenvalue weighted by molar-refractivity contribution is 0.141. The zero-order valence-corrected chi connectivity index (χ0v) is 14.1. The van der Waals surface area contributed by atoms with E-state index in [1.807, 2.05) is 29.5 Å². The van der Waals surface area contributed by atoms with Crippen LogP contribution >= 0.6 is 11.8 Å². The topological polar surface area (TPSA) is 85.2 Å². The van der Waals surface area contributed by atoms with Crippen LogP contribution < -0.4 is 5.56 Å². The minimum absolute atomic E-state index is 0.0844. The summed E-state index contributed by atoms with van der Waals surface area (Å²) >= 11 is 1.31. The summed E-state index contributed by atoms with van der Waals surface area (Å²) in [6.45, 7) is 3.69. The van der Waals surface area contributed by atoms with Gasteiger partial charge in [-0.1, -0.05) is 23.9 Å². The number of aromatic nitrogens is 4. The summed E-state index contributed by atoms with van der Waals surface area (Å²) < 4.78 is 8.83. The maximum Gasteiger partial charge on any atom is 0.262 e. The van der Waals surface area contributed by atoms with Crippen molar-refractivity contribution in [3.63, 3.8) is 0 Å². The second-order valence-electron chi connectivity index (χ2n) is 5.09. The number of benzene rings is 1. The second kappa shape index (κ2) is 7.47. The van der Waals surface area contributed by atoms with Crippen LogP contribution in [0.25, 0.3) is 16.7 Å². The number of nitriles is 1. The molecule has 0 aliphatic rings. The first-order chi connectivity index (χ1) is 11.8. The van der Waals surface area contributed by atoms with Gasteiger partial charge in [0, 0.05) is 19.8 Å². The summed E-state index contributed by atoms with van der Waals surface area (Å²) in [4.78, 5) is 12.8. The molecule has 0 N–H and O–H groups in total. The highest BCUT2D eigenvalue weighted by molar-refractivity contribution is 7.99. The van der Waals surface area contributed by atoms with Crippen molar-refractivity contribution in [2.45, 2.75) is 25.0 Å². The fraction of sp³-hybridized carbons (Fsp3) is 0.375. The molecule has 1 aromatic carbocycles. The molecule has 0 amide bonds. The Hall–Kier alpha value is -2.37. The number of para-hydroxylation sites is 1. The third kappa shape index (κ3) is 3.00. The van der Waals surface area contributed by atoms with Gasteiger partial charge in [-0.25, -0.2) is 0 Å². The smallest absolute Gasteiger partial charge is 0.262 e. The average Bonchev–Trinajstić information content (AvgIpc) is 3.03. The van der Waals surface area contributed by atoms with Crippen molar-refractivity contribution in [1.29, 1.82) is 5.26 Å². The zero-order valence-electron chi connectivity index (χ0n) is 13.3. The van der Waals surface area contributed by atoms with Crippen molar-refractivity contribution in [2.75, 3.05) is 19.0 Å². The Morgan fingerprint density at radius 2 is 2.17 bits per heavy atom. The number of nitrogens with zero attached hydrogens (tertiary/aromatic N) is 5. The molecule has 0 atom stereocenters. The van der Waals surface area contributed by atoms with E-state index >= 15 is 0 Å². The maximum absolute atomic E-state index is 12.8. The first-order valence-corrected chi connectivity index (χ1v) is 8.70. The molecular weight excluding hydrogens is 326 g/mol. The maximum atomic E-state index is 12.8. The Morgan fingerprint density at radius 3 is 2.96 bits per heavy atom.